The van der Waals surface area contributed by atoms with Crippen molar-refractivity contribution in [3.05, 3.63) is 47.1 Å². The van der Waals surface area contributed by atoms with Gasteiger partial charge in [-0.05, 0) is 62.9 Å². The van der Waals surface area contributed by atoms with E-state index in [1.165, 1.54) is 0 Å². The summed E-state index contributed by atoms with van der Waals surface area (Å²) in [5.74, 6) is 1.42. The number of carbonyl (C=O) groups is 1. The minimum Gasteiger partial charge on any atom is -0.497 e. The van der Waals surface area contributed by atoms with E-state index in [9.17, 15) is 4.79 Å². The summed E-state index contributed by atoms with van der Waals surface area (Å²) in [6.45, 7) is 4.42. The fourth-order valence-electron chi connectivity index (χ4n) is 2.99. The molecule has 0 saturated heterocycles. The van der Waals surface area contributed by atoms with E-state index >= 15 is 0 Å². The number of hydrogen-bond acceptors (Lipinski definition) is 4. The molecule has 1 aromatic heterocycles. The van der Waals surface area contributed by atoms with Gasteiger partial charge in [0, 0.05) is 17.8 Å². The number of hydrogen-bond donors (Lipinski definition) is 0. The monoisotopic (exact) mass is 374 g/mol. The van der Waals surface area contributed by atoms with Crippen LogP contribution in [0, 0.1) is 5.92 Å². The number of ether oxygens (including phenoxy) is 2. The van der Waals surface area contributed by atoms with Crippen molar-refractivity contribution in [1.82, 2.24) is 4.98 Å². The van der Waals surface area contributed by atoms with Crippen LogP contribution in [0.25, 0.3) is 0 Å². The molecule has 1 aliphatic rings. The highest BCUT2D eigenvalue weighted by Gasteiger charge is 2.36. The highest BCUT2D eigenvalue weighted by Crippen LogP contribution is 2.38. The number of anilines is 1. The van der Waals surface area contributed by atoms with E-state index in [2.05, 4.69) is 11.9 Å². The molecular weight excluding hydrogens is 352 g/mol. The Labute approximate surface area is 158 Å². The summed E-state index contributed by atoms with van der Waals surface area (Å²) in [6.07, 6.45) is 2.25. The SMILES string of the molecule is CCOc1ccc(Cl)c(C(=O)N(c2ccc(OC)cc2)C(C)C2CC2)n1. The number of carbonyl (C=O) groups excluding carboxylic acids is 1. The summed E-state index contributed by atoms with van der Waals surface area (Å²) >= 11 is 6.28. The number of pyridine rings is 1. The maximum absolute atomic E-state index is 13.3. The third kappa shape index (κ3) is 3.93. The Morgan fingerprint density at radius 1 is 1.27 bits per heavy atom. The summed E-state index contributed by atoms with van der Waals surface area (Å²) in [4.78, 5) is 19.5. The van der Waals surface area contributed by atoms with Gasteiger partial charge in [0.15, 0.2) is 5.69 Å². The average Bonchev–Trinajstić information content (AvgIpc) is 3.49. The molecule has 0 N–H and O–H groups in total. The van der Waals surface area contributed by atoms with E-state index in [1.807, 2.05) is 31.2 Å². The Hall–Kier alpha value is -2.27. The molecule has 0 bridgehead atoms. The van der Waals surface area contributed by atoms with Crippen molar-refractivity contribution in [2.45, 2.75) is 32.7 Å². The Bertz CT molecular complexity index is 775. The Morgan fingerprint density at radius 2 is 1.96 bits per heavy atom. The van der Waals surface area contributed by atoms with Crippen molar-refractivity contribution in [2.75, 3.05) is 18.6 Å². The van der Waals surface area contributed by atoms with Gasteiger partial charge in [0.25, 0.3) is 5.91 Å². The van der Waals surface area contributed by atoms with Crippen molar-refractivity contribution >= 4 is 23.2 Å². The van der Waals surface area contributed by atoms with Crippen molar-refractivity contribution in [1.29, 1.82) is 0 Å². The zero-order valence-electron chi connectivity index (χ0n) is 15.2. The molecule has 2 aromatic rings. The lowest BCUT2D eigenvalue weighted by molar-refractivity contribution is 0.0970. The molecule has 1 saturated carbocycles. The summed E-state index contributed by atoms with van der Waals surface area (Å²) < 4.78 is 10.7. The molecule has 0 radical (unpaired) electrons. The van der Waals surface area contributed by atoms with Gasteiger partial charge in [0.05, 0.1) is 18.7 Å². The molecule has 138 valence electrons. The number of methoxy groups -OCH3 is 1. The van der Waals surface area contributed by atoms with Gasteiger partial charge in [-0.15, -0.1) is 0 Å². The number of amides is 1. The van der Waals surface area contributed by atoms with Gasteiger partial charge in [-0.3, -0.25) is 4.79 Å². The van der Waals surface area contributed by atoms with Gasteiger partial charge in [-0.25, -0.2) is 4.98 Å². The van der Waals surface area contributed by atoms with E-state index in [-0.39, 0.29) is 17.6 Å². The number of nitrogens with zero attached hydrogens (tertiary/aromatic N) is 2. The predicted molar refractivity (Wildman–Crippen MR) is 102 cm³/mol. The van der Waals surface area contributed by atoms with Gasteiger partial charge >= 0.3 is 0 Å². The molecule has 1 aliphatic carbocycles. The first-order valence-corrected chi connectivity index (χ1v) is 9.20. The van der Waals surface area contributed by atoms with Crippen LogP contribution in [0.2, 0.25) is 5.02 Å². The summed E-state index contributed by atoms with van der Waals surface area (Å²) in [5.41, 5.74) is 1.01. The molecular formula is C20H23ClN2O3. The fourth-order valence-corrected chi connectivity index (χ4v) is 3.17. The summed E-state index contributed by atoms with van der Waals surface area (Å²) in [6, 6.07) is 10.9. The second-order valence-corrected chi connectivity index (χ2v) is 6.77. The third-order valence-electron chi connectivity index (χ3n) is 4.60. The van der Waals surface area contributed by atoms with Crippen LogP contribution >= 0.6 is 11.6 Å². The number of benzene rings is 1. The van der Waals surface area contributed by atoms with E-state index in [4.69, 9.17) is 21.1 Å². The zero-order chi connectivity index (χ0) is 18.7. The molecule has 1 amide bonds. The van der Waals surface area contributed by atoms with Crippen LogP contribution in [0.15, 0.2) is 36.4 Å². The first-order valence-electron chi connectivity index (χ1n) is 8.82. The quantitative estimate of drug-likeness (QED) is 0.711. The second kappa shape index (κ2) is 7.96. The molecule has 5 nitrogen and oxygen atoms in total. The summed E-state index contributed by atoms with van der Waals surface area (Å²) in [7, 11) is 1.62. The van der Waals surface area contributed by atoms with Crippen LogP contribution in [-0.4, -0.2) is 30.6 Å². The Balaban J connectivity index is 1.98. The topological polar surface area (TPSA) is 51.7 Å². The minimum atomic E-state index is -0.221. The van der Waals surface area contributed by atoms with Crippen LogP contribution in [0.5, 0.6) is 11.6 Å². The van der Waals surface area contributed by atoms with Gasteiger partial charge < -0.3 is 14.4 Å². The minimum absolute atomic E-state index is 0.0597. The van der Waals surface area contributed by atoms with Gasteiger partial charge in [0.2, 0.25) is 5.88 Å². The van der Waals surface area contributed by atoms with Crippen molar-refractivity contribution in [3.8, 4) is 11.6 Å². The van der Waals surface area contributed by atoms with Crippen LogP contribution in [-0.2, 0) is 0 Å². The van der Waals surface area contributed by atoms with Crippen molar-refractivity contribution in [2.24, 2.45) is 5.92 Å². The molecule has 26 heavy (non-hydrogen) atoms. The maximum atomic E-state index is 13.3. The maximum Gasteiger partial charge on any atom is 0.278 e. The molecule has 1 heterocycles. The molecule has 1 unspecified atom stereocenters. The molecule has 1 fully saturated rings. The number of aromatic nitrogens is 1. The highest BCUT2D eigenvalue weighted by molar-refractivity contribution is 6.34. The largest absolute Gasteiger partial charge is 0.497 e. The smallest absolute Gasteiger partial charge is 0.278 e. The number of halogens is 1. The van der Waals surface area contributed by atoms with Crippen molar-refractivity contribution < 1.29 is 14.3 Å². The van der Waals surface area contributed by atoms with Gasteiger partial charge in [-0.1, -0.05) is 11.6 Å². The van der Waals surface area contributed by atoms with Gasteiger partial charge in [-0.2, -0.15) is 0 Å². The molecule has 1 aromatic carbocycles. The Morgan fingerprint density at radius 3 is 2.54 bits per heavy atom. The van der Waals surface area contributed by atoms with Crippen LogP contribution in [0.3, 0.4) is 0 Å². The first kappa shape index (κ1) is 18.5. The lowest BCUT2D eigenvalue weighted by Crippen LogP contribution is -2.40. The highest BCUT2D eigenvalue weighted by atomic mass is 35.5. The fraction of sp³-hybridized carbons (Fsp3) is 0.400. The lowest BCUT2D eigenvalue weighted by Gasteiger charge is -2.29. The molecule has 3 rings (SSSR count). The van der Waals surface area contributed by atoms with Crippen LogP contribution in [0.4, 0.5) is 5.69 Å². The lowest BCUT2D eigenvalue weighted by atomic mass is 10.1. The van der Waals surface area contributed by atoms with E-state index in [0.717, 1.165) is 24.3 Å². The van der Waals surface area contributed by atoms with Crippen LogP contribution < -0.4 is 14.4 Å². The average molecular weight is 375 g/mol. The normalized spacial score (nSPS) is 14.6. The van der Waals surface area contributed by atoms with E-state index in [1.54, 1.807) is 24.1 Å². The predicted octanol–water partition coefficient (Wildman–Crippen LogP) is 4.59. The van der Waals surface area contributed by atoms with Gasteiger partial charge in [0.1, 0.15) is 5.75 Å². The van der Waals surface area contributed by atoms with Crippen molar-refractivity contribution in [3.63, 3.8) is 0 Å². The molecule has 1 atom stereocenters. The zero-order valence-corrected chi connectivity index (χ0v) is 16.0. The summed E-state index contributed by atoms with van der Waals surface area (Å²) in [5, 5.41) is 0.319. The standard InChI is InChI=1S/C20H23ClN2O3/c1-4-26-18-12-11-17(21)19(22-18)20(24)23(13(2)14-5-6-14)15-7-9-16(25-3)10-8-15/h7-14H,4-6H2,1-3H3. The second-order valence-electron chi connectivity index (χ2n) is 6.36. The van der Waals surface area contributed by atoms with Crippen LogP contribution in [0.1, 0.15) is 37.2 Å². The molecule has 0 spiro atoms. The van der Waals surface area contributed by atoms with E-state index in [0.29, 0.717) is 23.4 Å². The number of rotatable bonds is 7. The molecule has 6 heteroatoms. The van der Waals surface area contributed by atoms with E-state index < -0.39 is 0 Å². The first-order chi connectivity index (χ1) is 12.5. The third-order valence-corrected chi connectivity index (χ3v) is 4.90. The Kier molecular flexibility index (Phi) is 5.67. The molecule has 0 aliphatic heterocycles.